The van der Waals surface area contributed by atoms with E-state index in [9.17, 15) is 0 Å². The van der Waals surface area contributed by atoms with E-state index in [0.29, 0.717) is 0 Å². The van der Waals surface area contributed by atoms with Gasteiger partial charge < -0.3 is 0 Å². The van der Waals surface area contributed by atoms with Crippen LogP contribution in [0, 0.1) is 0 Å². The highest BCUT2D eigenvalue weighted by Crippen LogP contribution is 2.24. The Morgan fingerprint density at radius 2 is 1.50 bits per heavy atom. The fourth-order valence-electron chi connectivity index (χ4n) is 1.92. The number of hydrogen-bond donors (Lipinski definition) is 0. The second-order valence-electron chi connectivity index (χ2n) is 4.01. The molecule has 0 N–H and O–H groups in total. The summed E-state index contributed by atoms with van der Waals surface area (Å²) in [5.74, 6) is 0. The monoisotopic (exact) mass is 262 g/mol. The van der Waals surface area contributed by atoms with Gasteiger partial charge in [0.2, 0.25) is 0 Å². The molecule has 0 unspecified atom stereocenters. The van der Waals surface area contributed by atoms with Crippen LogP contribution in [-0.2, 0) is 0 Å². The summed E-state index contributed by atoms with van der Waals surface area (Å²) in [4.78, 5) is 0. The molecular weight excluding hydrogens is 240 g/mol. The van der Waals surface area contributed by atoms with Crippen molar-refractivity contribution < 1.29 is 0 Å². The summed E-state index contributed by atoms with van der Waals surface area (Å²) in [6.45, 7) is 11.6. The lowest BCUT2D eigenvalue weighted by atomic mass is 9.99. The highest BCUT2D eigenvalue weighted by molar-refractivity contribution is 5.78. The third kappa shape index (κ3) is 4.10. The molecule has 0 bridgehead atoms. The maximum absolute atomic E-state index is 3.84. The van der Waals surface area contributed by atoms with Crippen molar-refractivity contribution in [3.63, 3.8) is 0 Å². The van der Waals surface area contributed by atoms with Crippen LogP contribution >= 0.6 is 0 Å². The lowest BCUT2D eigenvalue weighted by Gasteiger charge is -2.06. The molecule has 0 saturated carbocycles. The van der Waals surface area contributed by atoms with Gasteiger partial charge in [-0.2, -0.15) is 0 Å². The van der Waals surface area contributed by atoms with E-state index >= 15 is 0 Å². The zero-order valence-corrected chi connectivity index (χ0v) is 12.3. The molecule has 102 valence electrons. The molecule has 0 spiro atoms. The topological polar surface area (TPSA) is 0 Å². The Labute approximate surface area is 122 Å². The van der Waals surface area contributed by atoms with Gasteiger partial charge in [-0.05, 0) is 28.3 Å². The van der Waals surface area contributed by atoms with E-state index in [1.165, 1.54) is 11.1 Å². The number of benzene rings is 2. The molecule has 0 amide bonds. The Bertz CT molecular complexity index is 574. The standard InChI is InChI=1S/C18H16.C2H6/c1-3-9-15(4-2)17-12-8-13-18(14-17)16-10-6-5-7-11-16;1-2/h3-14H,1-2H2;1-2H3/b15-9+;. The molecule has 0 radical (unpaired) electrons. The van der Waals surface area contributed by atoms with E-state index < -0.39 is 0 Å². The van der Waals surface area contributed by atoms with Gasteiger partial charge in [-0.1, -0.05) is 93.8 Å². The van der Waals surface area contributed by atoms with E-state index in [-0.39, 0.29) is 0 Å². The maximum atomic E-state index is 3.84. The lowest BCUT2D eigenvalue weighted by Crippen LogP contribution is -1.83. The van der Waals surface area contributed by atoms with Crippen molar-refractivity contribution in [2.24, 2.45) is 0 Å². The molecule has 2 aromatic carbocycles. The average molecular weight is 262 g/mol. The molecule has 0 heteroatoms. The Balaban J connectivity index is 0.000000956. The van der Waals surface area contributed by atoms with E-state index in [0.717, 1.165) is 11.1 Å². The van der Waals surface area contributed by atoms with Crippen LogP contribution < -0.4 is 0 Å². The highest BCUT2D eigenvalue weighted by Gasteiger charge is 2.00. The zero-order valence-electron chi connectivity index (χ0n) is 12.3. The van der Waals surface area contributed by atoms with E-state index in [1.807, 2.05) is 32.1 Å². The smallest absolute Gasteiger partial charge is 0.0178 e. The normalized spacial score (nSPS) is 10.2. The van der Waals surface area contributed by atoms with E-state index in [4.69, 9.17) is 0 Å². The Hall–Kier alpha value is -2.34. The van der Waals surface area contributed by atoms with Crippen molar-refractivity contribution >= 4 is 5.57 Å². The second-order valence-corrected chi connectivity index (χ2v) is 4.01. The van der Waals surface area contributed by atoms with Gasteiger partial charge in [-0.25, -0.2) is 0 Å². The Morgan fingerprint density at radius 1 is 0.850 bits per heavy atom. The molecular formula is C20H22. The summed E-state index contributed by atoms with van der Waals surface area (Å²) in [6, 6.07) is 18.8. The predicted octanol–water partition coefficient (Wildman–Crippen LogP) is 6.14. The summed E-state index contributed by atoms with van der Waals surface area (Å²) < 4.78 is 0. The summed E-state index contributed by atoms with van der Waals surface area (Å²) in [7, 11) is 0. The molecule has 0 fully saturated rings. The maximum Gasteiger partial charge on any atom is -0.0178 e. The van der Waals surface area contributed by atoms with Gasteiger partial charge in [0.15, 0.2) is 0 Å². The molecule has 0 aliphatic heterocycles. The van der Waals surface area contributed by atoms with Gasteiger partial charge in [0.1, 0.15) is 0 Å². The molecule has 0 aromatic heterocycles. The van der Waals surface area contributed by atoms with Gasteiger partial charge in [0.25, 0.3) is 0 Å². The first-order valence-corrected chi connectivity index (χ1v) is 6.96. The molecule has 0 saturated heterocycles. The Kier molecular flexibility index (Phi) is 6.84. The first-order chi connectivity index (χ1) is 9.85. The van der Waals surface area contributed by atoms with Crippen LogP contribution in [0.3, 0.4) is 0 Å². The largest absolute Gasteiger partial charge is 0.0990 e. The van der Waals surface area contributed by atoms with Crippen molar-refractivity contribution in [1.29, 1.82) is 0 Å². The molecule has 0 aliphatic rings. The fourth-order valence-corrected chi connectivity index (χ4v) is 1.92. The first-order valence-electron chi connectivity index (χ1n) is 6.96. The van der Waals surface area contributed by atoms with Gasteiger partial charge in [-0.3, -0.25) is 0 Å². The minimum absolute atomic E-state index is 1.09. The van der Waals surface area contributed by atoms with Crippen molar-refractivity contribution in [1.82, 2.24) is 0 Å². The Morgan fingerprint density at radius 3 is 2.10 bits per heavy atom. The summed E-state index contributed by atoms with van der Waals surface area (Å²) >= 11 is 0. The SMILES string of the molecule is C=C/C=C(\C=C)c1cccc(-c2ccccc2)c1.CC. The van der Waals surface area contributed by atoms with E-state index in [1.54, 1.807) is 6.08 Å². The van der Waals surface area contributed by atoms with Gasteiger partial charge in [-0.15, -0.1) is 0 Å². The number of hydrogen-bond acceptors (Lipinski definition) is 0. The average Bonchev–Trinajstić information content (AvgIpc) is 2.55. The minimum atomic E-state index is 1.09. The number of rotatable bonds is 4. The van der Waals surface area contributed by atoms with Gasteiger partial charge >= 0.3 is 0 Å². The molecule has 2 rings (SSSR count). The quantitative estimate of drug-likeness (QED) is 0.581. The van der Waals surface area contributed by atoms with Crippen molar-refractivity contribution in [2.45, 2.75) is 13.8 Å². The van der Waals surface area contributed by atoms with Crippen molar-refractivity contribution in [2.75, 3.05) is 0 Å². The third-order valence-electron chi connectivity index (χ3n) is 2.82. The highest BCUT2D eigenvalue weighted by atomic mass is 14.0. The predicted molar refractivity (Wildman–Crippen MR) is 91.6 cm³/mol. The lowest BCUT2D eigenvalue weighted by molar-refractivity contribution is 1.50. The van der Waals surface area contributed by atoms with Crippen LogP contribution in [0.2, 0.25) is 0 Å². The van der Waals surface area contributed by atoms with Crippen molar-refractivity contribution in [3.05, 3.63) is 91.5 Å². The van der Waals surface area contributed by atoms with Crippen LogP contribution in [0.1, 0.15) is 19.4 Å². The van der Waals surface area contributed by atoms with Gasteiger partial charge in [0, 0.05) is 0 Å². The molecule has 20 heavy (non-hydrogen) atoms. The van der Waals surface area contributed by atoms with Crippen molar-refractivity contribution in [3.8, 4) is 11.1 Å². The minimum Gasteiger partial charge on any atom is -0.0990 e. The van der Waals surface area contributed by atoms with Crippen LogP contribution in [-0.4, -0.2) is 0 Å². The van der Waals surface area contributed by atoms with Crippen LogP contribution in [0.15, 0.2) is 86.0 Å². The molecule has 0 nitrogen and oxygen atoms in total. The van der Waals surface area contributed by atoms with Crippen LogP contribution in [0.5, 0.6) is 0 Å². The second kappa shape index (κ2) is 8.71. The number of allylic oxidation sites excluding steroid dienone is 4. The summed E-state index contributed by atoms with van der Waals surface area (Å²) in [6.07, 6.45) is 5.61. The molecule has 2 aromatic rings. The third-order valence-corrected chi connectivity index (χ3v) is 2.82. The molecule has 0 heterocycles. The van der Waals surface area contributed by atoms with Crippen LogP contribution in [0.25, 0.3) is 16.7 Å². The first kappa shape index (κ1) is 15.7. The zero-order chi connectivity index (χ0) is 14.8. The molecule has 0 atom stereocenters. The summed E-state index contributed by atoms with van der Waals surface area (Å²) in [5.41, 5.74) is 4.68. The summed E-state index contributed by atoms with van der Waals surface area (Å²) in [5, 5.41) is 0. The fraction of sp³-hybridized carbons (Fsp3) is 0.100. The van der Waals surface area contributed by atoms with Crippen LogP contribution in [0.4, 0.5) is 0 Å². The molecule has 0 aliphatic carbocycles. The van der Waals surface area contributed by atoms with E-state index in [2.05, 4.69) is 61.7 Å². The van der Waals surface area contributed by atoms with Gasteiger partial charge in [0.05, 0.1) is 0 Å².